The SMILES string of the molecule is CC[C@@]1(O)C[C@@H]2CN(CCc3c([nH]c4ccccc34)[C@](C(=O)OC)(c3cc4c(cc3OC)N(C)[C@@H]3[C@](O)(C(=O)OC)[C@@H](OC(C)=O)[C@@]5(CC)C=CCN6CC[C@@]43[C@H]65)C2)C1. The van der Waals surface area contributed by atoms with E-state index in [9.17, 15) is 19.8 Å². The molecule has 1 spiro atoms. The Kier molecular flexibility index (Phi) is 9.36. The van der Waals surface area contributed by atoms with Gasteiger partial charge < -0.3 is 39.0 Å². The molecular weight excluding hydrogens is 753 g/mol. The highest BCUT2D eigenvalue weighted by Gasteiger charge is 2.80. The average Bonchev–Trinajstić information content (AvgIpc) is 3.90. The number of fused-ring (bicyclic) bond motifs is 6. The molecule has 1 saturated carbocycles. The second-order valence-corrected chi connectivity index (χ2v) is 18.2. The van der Waals surface area contributed by atoms with Crippen molar-refractivity contribution >= 4 is 34.5 Å². The van der Waals surface area contributed by atoms with Gasteiger partial charge in [-0.05, 0) is 74.2 Å². The number of hydrogen-bond donors (Lipinski definition) is 3. The first-order valence-electron chi connectivity index (χ1n) is 21.2. The van der Waals surface area contributed by atoms with E-state index >= 15 is 4.79 Å². The molecule has 3 aromatic rings. The van der Waals surface area contributed by atoms with Crippen molar-refractivity contribution in [2.75, 3.05) is 66.0 Å². The van der Waals surface area contributed by atoms with Gasteiger partial charge in [0.05, 0.1) is 33.0 Å². The number of carbonyl (C=O) groups is 3. The molecule has 2 bridgehead atoms. The van der Waals surface area contributed by atoms with Gasteiger partial charge in [-0.25, -0.2) is 4.79 Å². The zero-order valence-electron chi connectivity index (χ0n) is 35.3. The first kappa shape index (κ1) is 40.0. The van der Waals surface area contributed by atoms with Crippen LogP contribution in [-0.4, -0.2) is 133 Å². The normalized spacial score (nSPS) is 37.0. The molecule has 13 heteroatoms. The highest BCUT2D eigenvalue weighted by Crippen LogP contribution is 2.68. The van der Waals surface area contributed by atoms with Crippen LogP contribution in [0.15, 0.2) is 48.6 Å². The lowest BCUT2D eigenvalue weighted by molar-refractivity contribution is -0.228. The number of esters is 3. The lowest BCUT2D eigenvalue weighted by atomic mass is 9.47. The minimum Gasteiger partial charge on any atom is -0.496 e. The number of nitrogens with zero attached hydrogens (tertiary/aromatic N) is 3. The number of methoxy groups -OCH3 is 3. The number of carbonyl (C=O) groups excluding carboxylic acids is 3. The Morgan fingerprint density at radius 3 is 2.41 bits per heavy atom. The minimum absolute atomic E-state index is 0.0986. The van der Waals surface area contributed by atoms with Crippen molar-refractivity contribution in [1.82, 2.24) is 14.8 Å². The smallest absolute Gasteiger partial charge is 0.344 e. The predicted octanol–water partition coefficient (Wildman–Crippen LogP) is 3.99. The van der Waals surface area contributed by atoms with Gasteiger partial charge >= 0.3 is 17.9 Å². The molecule has 1 unspecified atom stereocenters. The molecule has 5 aliphatic heterocycles. The fourth-order valence-electron chi connectivity index (χ4n) is 13.5. The van der Waals surface area contributed by atoms with E-state index in [0.717, 1.165) is 33.4 Å². The zero-order valence-corrected chi connectivity index (χ0v) is 35.3. The van der Waals surface area contributed by atoms with Crippen molar-refractivity contribution < 1.29 is 43.5 Å². The molecule has 1 aliphatic carbocycles. The number of rotatable bonds is 7. The fourth-order valence-corrected chi connectivity index (χ4v) is 13.5. The molecule has 0 radical (unpaired) electrons. The van der Waals surface area contributed by atoms with Crippen LogP contribution in [-0.2, 0) is 45.8 Å². The van der Waals surface area contributed by atoms with Crippen molar-refractivity contribution in [2.24, 2.45) is 11.3 Å². The largest absolute Gasteiger partial charge is 0.496 e. The van der Waals surface area contributed by atoms with Gasteiger partial charge in [-0.15, -0.1) is 0 Å². The number of anilines is 1. The number of para-hydroxylation sites is 1. The summed E-state index contributed by atoms with van der Waals surface area (Å²) >= 11 is 0. The number of hydrogen-bond acceptors (Lipinski definition) is 12. The maximum absolute atomic E-state index is 15.3. The number of aromatic amines is 1. The summed E-state index contributed by atoms with van der Waals surface area (Å²) in [6.45, 7) is 8.62. The molecule has 3 fully saturated rings. The van der Waals surface area contributed by atoms with Gasteiger partial charge in [0, 0.05) is 90.9 Å². The number of piperidine rings is 1. The maximum atomic E-state index is 15.3. The Labute approximate surface area is 345 Å². The summed E-state index contributed by atoms with van der Waals surface area (Å²) in [4.78, 5) is 53.2. The van der Waals surface area contributed by atoms with E-state index in [1.807, 2.05) is 50.1 Å². The van der Waals surface area contributed by atoms with E-state index < -0.39 is 57.5 Å². The number of H-pyrrole nitrogens is 1. The molecule has 2 aromatic carbocycles. The number of nitrogens with one attached hydrogen (secondary N) is 1. The first-order valence-corrected chi connectivity index (χ1v) is 21.2. The van der Waals surface area contributed by atoms with E-state index in [2.05, 4.69) is 39.1 Å². The minimum atomic E-state index is -2.30. The molecule has 316 valence electrons. The Balaban J connectivity index is 1.36. The highest BCUT2D eigenvalue weighted by molar-refractivity contribution is 5.95. The molecule has 10 atom stereocenters. The molecule has 6 aliphatic rings. The fraction of sp³-hybridized carbons (Fsp3) is 0.587. The van der Waals surface area contributed by atoms with Crippen molar-refractivity contribution in [3.05, 3.63) is 70.9 Å². The number of aliphatic hydroxyl groups is 2. The summed E-state index contributed by atoms with van der Waals surface area (Å²) in [5.74, 6) is -1.56. The van der Waals surface area contributed by atoms with Crippen molar-refractivity contribution in [3.63, 3.8) is 0 Å². The van der Waals surface area contributed by atoms with Crippen LogP contribution in [0.25, 0.3) is 10.9 Å². The van der Waals surface area contributed by atoms with Crippen molar-refractivity contribution in [3.8, 4) is 5.75 Å². The van der Waals surface area contributed by atoms with Gasteiger partial charge in [0.15, 0.2) is 6.10 Å². The van der Waals surface area contributed by atoms with Crippen LogP contribution < -0.4 is 9.64 Å². The highest BCUT2D eigenvalue weighted by atomic mass is 16.6. The zero-order chi connectivity index (χ0) is 41.9. The van der Waals surface area contributed by atoms with Gasteiger partial charge in [-0.1, -0.05) is 44.2 Å². The molecular formula is C46H58N4O9. The van der Waals surface area contributed by atoms with E-state index in [1.54, 1.807) is 7.11 Å². The maximum Gasteiger partial charge on any atom is 0.344 e. The Morgan fingerprint density at radius 1 is 0.949 bits per heavy atom. The number of benzene rings is 2. The van der Waals surface area contributed by atoms with Gasteiger partial charge in [0.2, 0.25) is 5.60 Å². The molecule has 6 heterocycles. The summed E-state index contributed by atoms with van der Waals surface area (Å²) in [6.07, 6.45) is 5.94. The summed E-state index contributed by atoms with van der Waals surface area (Å²) < 4.78 is 23.9. The summed E-state index contributed by atoms with van der Waals surface area (Å²) in [5, 5.41) is 26.3. The number of likely N-dealkylation sites (N-methyl/N-ethyl adjacent to an activating group) is 1. The monoisotopic (exact) mass is 810 g/mol. The van der Waals surface area contributed by atoms with Crippen molar-refractivity contribution in [1.29, 1.82) is 0 Å². The van der Waals surface area contributed by atoms with Crippen LogP contribution in [0.4, 0.5) is 5.69 Å². The Hall–Kier alpha value is -4.43. The number of ether oxygens (including phenoxy) is 4. The van der Waals surface area contributed by atoms with E-state index in [-0.39, 0.29) is 12.0 Å². The van der Waals surface area contributed by atoms with Crippen LogP contribution >= 0.6 is 0 Å². The van der Waals surface area contributed by atoms with Crippen LogP contribution in [0.3, 0.4) is 0 Å². The third-order valence-electron chi connectivity index (χ3n) is 15.6. The molecule has 13 nitrogen and oxygen atoms in total. The summed E-state index contributed by atoms with van der Waals surface area (Å²) in [6, 6.07) is 11.0. The van der Waals surface area contributed by atoms with Crippen LogP contribution in [0, 0.1) is 11.3 Å². The lowest BCUT2D eigenvalue weighted by Gasteiger charge is -2.63. The van der Waals surface area contributed by atoms with Crippen molar-refractivity contribution in [2.45, 2.75) is 99.5 Å². The van der Waals surface area contributed by atoms with E-state index in [4.69, 9.17) is 18.9 Å². The Morgan fingerprint density at radius 2 is 1.71 bits per heavy atom. The van der Waals surface area contributed by atoms with Gasteiger partial charge in [-0.2, -0.15) is 0 Å². The van der Waals surface area contributed by atoms with E-state index in [0.29, 0.717) is 82.6 Å². The van der Waals surface area contributed by atoms with Gasteiger partial charge in [0.25, 0.3) is 0 Å². The predicted molar refractivity (Wildman–Crippen MR) is 220 cm³/mol. The molecule has 0 amide bonds. The standard InChI is InChI=1S/C46H58N4O9/c1-8-42(54)23-28-24-45(40(52)57-6,36-30(15-19-49(25-28)26-42)29-13-10-11-14-33(29)47-36)32-21-31-34(22-35(32)56-5)48(4)38-44(31)17-20-50-18-12-16-43(9-2,37(44)50)39(59-27(3)51)46(38,55)41(53)58-7/h10-14,16,21-22,28,37-39,47,54-55H,8-9,15,17-20,23-26H2,1-7H3/t28-,37+,38-,39-,42+,43-,44-,45+,46+/m0/s1. The molecule has 3 N–H and O–H groups in total. The molecule has 9 rings (SSSR count). The van der Waals surface area contributed by atoms with Gasteiger partial charge in [-0.3, -0.25) is 19.4 Å². The average molecular weight is 811 g/mol. The summed E-state index contributed by atoms with van der Waals surface area (Å²) in [5.41, 5.74) is -1.62. The molecule has 1 aromatic heterocycles. The second kappa shape index (κ2) is 13.8. The molecule has 2 saturated heterocycles. The Bertz CT molecular complexity index is 2260. The first-order chi connectivity index (χ1) is 28.2. The molecule has 59 heavy (non-hydrogen) atoms. The lowest BCUT2D eigenvalue weighted by Crippen LogP contribution is -2.81. The van der Waals surface area contributed by atoms with Crippen LogP contribution in [0.1, 0.15) is 75.3 Å². The third-order valence-corrected chi connectivity index (χ3v) is 15.6. The van der Waals surface area contributed by atoms with Crippen LogP contribution in [0.2, 0.25) is 0 Å². The van der Waals surface area contributed by atoms with E-state index in [1.165, 1.54) is 21.1 Å². The summed E-state index contributed by atoms with van der Waals surface area (Å²) in [7, 11) is 6.15. The third kappa shape index (κ3) is 5.20. The van der Waals surface area contributed by atoms with Gasteiger partial charge in [0.1, 0.15) is 11.2 Å². The quantitative estimate of drug-likeness (QED) is 0.180. The topological polar surface area (TPSA) is 154 Å². The number of aromatic nitrogens is 1. The second-order valence-electron chi connectivity index (χ2n) is 18.2. The van der Waals surface area contributed by atoms with Crippen LogP contribution in [0.5, 0.6) is 5.75 Å².